The lowest BCUT2D eigenvalue weighted by Crippen LogP contribution is -2.50. The molecule has 2 aliphatic rings. The van der Waals surface area contributed by atoms with Gasteiger partial charge in [0.15, 0.2) is 0 Å². The van der Waals surface area contributed by atoms with Gasteiger partial charge < -0.3 is 15.5 Å². The van der Waals surface area contributed by atoms with Crippen molar-refractivity contribution in [1.82, 2.24) is 30.5 Å². The third kappa shape index (κ3) is 5.87. The maximum Gasteiger partial charge on any atom is 0.318 e. The van der Waals surface area contributed by atoms with Crippen LogP contribution in [0.15, 0.2) is 79.1 Å². The summed E-state index contributed by atoms with van der Waals surface area (Å²) in [5.41, 5.74) is 7.36. The Labute approximate surface area is 240 Å². The van der Waals surface area contributed by atoms with Crippen molar-refractivity contribution in [1.29, 1.82) is 0 Å². The quantitative estimate of drug-likeness (QED) is 0.346. The maximum atomic E-state index is 13.1. The van der Waals surface area contributed by atoms with Crippen LogP contribution in [-0.2, 0) is 24.3 Å². The first-order chi connectivity index (χ1) is 19.8. The summed E-state index contributed by atoms with van der Waals surface area (Å²) in [4.78, 5) is 29.7. The van der Waals surface area contributed by atoms with Gasteiger partial charge in [-0.15, -0.1) is 0 Å². The number of aromatic nitrogens is 3. The van der Waals surface area contributed by atoms with E-state index in [0.717, 1.165) is 40.8 Å². The van der Waals surface area contributed by atoms with E-state index in [1.165, 1.54) is 11.1 Å². The third-order valence-corrected chi connectivity index (χ3v) is 7.89. The molecule has 2 atom stereocenters. The second-order valence-electron chi connectivity index (χ2n) is 12.0. The molecule has 1 fully saturated rings. The zero-order valence-electron chi connectivity index (χ0n) is 23.8. The van der Waals surface area contributed by atoms with E-state index < -0.39 is 0 Å². The molecule has 0 radical (unpaired) electrons. The Morgan fingerprint density at radius 2 is 1.73 bits per heavy atom. The van der Waals surface area contributed by atoms with Crippen molar-refractivity contribution in [3.05, 3.63) is 101 Å². The first kappa shape index (κ1) is 26.7. The molecule has 4 aromatic rings. The summed E-state index contributed by atoms with van der Waals surface area (Å²) in [6.07, 6.45) is 4.94. The molecule has 6 rings (SSSR count). The average Bonchev–Trinajstić information content (AvgIpc) is 3.59. The zero-order valence-corrected chi connectivity index (χ0v) is 23.8. The smallest absolute Gasteiger partial charge is 0.318 e. The van der Waals surface area contributed by atoms with Gasteiger partial charge in [-0.1, -0.05) is 54.6 Å². The monoisotopic (exact) mass is 548 g/mol. The Kier molecular flexibility index (Phi) is 7.07. The first-order valence-corrected chi connectivity index (χ1v) is 14.3. The van der Waals surface area contributed by atoms with Crippen molar-refractivity contribution in [2.24, 2.45) is 5.92 Å². The first-order valence-electron chi connectivity index (χ1n) is 14.3. The van der Waals surface area contributed by atoms with E-state index in [1.807, 2.05) is 56.0 Å². The van der Waals surface area contributed by atoms with Gasteiger partial charge in [-0.25, -0.2) is 4.79 Å². The van der Waals surface area contributed by atoms with E-state index >= 15 is 0 Å². The summed E-state index contributed by atoms with van der Waals surface area (Å²) in [7, 11) is 0. The normalized spacial score (nSPS) is 18.0. The second-order valence-corrected chi connectivity index (χ2v) is 12.0. The number of carbonyl (C=O) groups excluding carboxylic acids is 2. The summed E-state index contributed by atoms with van der Waals surface area (Å²) in [5.74, 6) is 0.398. The minimum Gasteiger partial charge on any atom is -0.352 e. The summed E-state index contributed by atoms with van der Waals surface area (Å²) in [6, 6.07) is 22.6. The number of amides is 3. The highest BCUT2D eigenvalue weighted by atomic mass is 16.2. The lowest BCUT2D eigenvalue weighted by atomic mass is 9.87. The minimum absolute atomic E-state index is 0.0141. The van der Waals surface area contributed by atoms with E-state index in [-0.39, 0.29) is 23.4 Å². The molecule has 1 aliphatic carbocycles. The highest BCUT2D eigenvalue weighted by molar-refractivity contribution is 5.83. The molecule has 3 aromatic carbocycles. The Bertz CT molecular complexity index is 1560. The van der Waals surface area contributed by atoms with Gasteiger partial charge in [0, 0.05) is 31.1 Å². The van der Waals surface area contributed by atoms with Crippen LogP contribution in [0.2, 0.25) is 0 Å². The number of urea groups is 1. The van der Waals surface area contributed by atoms with Crippen LogP contribution in [0, 0.1) is 5.92 Å². The van der Waals surface area contributed by atoms with Gasteiger partial charge in [-0.2, -0.15) is 15.0 Å². The maximum absolute atomic E-state index is 13.1. The van der Waals surface area contributed by atoms with Crippen LogP contribution in [0.3, 0.4) is 0 Å². The fourth-order valence-corrected chi connectivity index (χ4v) is 5.76. The summed E-state index contributed by atoms with van der Waals surface area (Å²) in [6.45, 7) is 7.52. The van der Waals surface area contributed by atoms with Crippen molar-refractivity contribution < 1.29 is 9.59 Å². The van der Waals surface area contributed by atoms with Gasteiger partial charge >= 0.3 is 6.03 Å². The highest BCUT2D eigenvalue weighted by Gasteiger charge is 2.43. The summed E-state index contributed by atoms with van der Waals surface area (Å²) >= 11 is 0. The molecule has 8 nitrogen and oxygen atoms in total. The fraction of sp³-hybridized carbons (Fsp3) is 0.333. The van der Waals surface area contributed by atoms with Crippen LogP contribution >= 0.6 is 0 Å². The predicted molar refractivity (Wildman–Crippen MR) is 158 cm³/mol. The second kappa shape index (κ2) is 10.8. The molecule has 1 saturated carbocycles. The molecule has 2 heterocycles. The van der Waals surface area contributed by atoms with Gasteiger partial charge in [0.05, 0.1) is 18.1 Å². The number of carbonyl (C=O) groups is 2. The average molecular weight is 549 g/mol. The number of nitrogens with zero attached hydrogens (tertiary/aromatic N) is 4. The number of benzene rings is 3. The van der Waals surface area contributed by atoms with Crippen LogP contribution in [0.25, 0.3) is 16.8 Å². The summed E-state index contributed by atoms with van der Waals surface area (Å²) < 4.78 is 0. The standard InChI is InChI=1S/C33H36N6O2/c1-33(2,3)37-32(41)38-17-14-27-26(23-10-7-11-25(18-23)39-35-15-16-36-39)13-12-24(30(27)21-38)20-34-31(40)29-19-28(29)22-8-5-4-6-9-22/h4-13,15-16,18,28-29H,14,17,19-21H2,1-3H3,(H,34,40)(H,37,41). The van der Waals surface area contributed by atoms with E-state index in [4.69, 9.17) is 0 Å². The Morgan fingerprint density at radius 3 is 2.49 bits per heavy atom. The molecular formula is C33H36N6O2. The lowest BCUT2D eigenvalue weighted by Gasteiger charge is -2.34. The van der Waals surface area contributed by atoms with Gasteiger partial charge in [0.2, 0.25) is 5.91 Å². The minimum atomic E-state index is -0.323. The third-order valence-electron chi connectivity index (χ3n) is 7.89. The van der Waals surface area contributed by atoms with Gasteiger partial charge in [-0.05, 0) is 85.0 Å². The van der Waals surface area contributed by atoms with Crippen LogP contribution in [0.4, 0.5) is 4.79 Å². The largest absolute Gasteiger partial charge is 0.352 e. The Hall–Kier alpha value is -4.46. The Balaban J connectivity index is 1.27. The van der Waals surface area contributed by atoms with Crippen molar-refractivity contribution in [3.63, 3.8) is 0 Å². The Morgan fingerprint density at radius 1 is 0.951 bits per heavy atom. The van der Waals surface area contributed by atoms with E-state index in [1.54, 1.807) is 17.2 Å². The van der Waals surface area contributed by atoms with Crippen molar-refractivity contribution >= 4 is 11.9 Å². The van der Waals surface area contributed by atoms with Crippen LogP contribution in [0.5, 0.6) is 0 Å². The molecule has 0 saturated heterocycles. The fourth-order valence-electron chi connectivity index (χ4n) is 5.76. The van der Waals surface area contributed by atoms with Crippen LogP contribution in [0.1, 0.15) is 55.4 Å². The van der Waals surface area contributed by atoms with Crippen LogP contribution in [-0.4, -0.2) is 43.9 Å². The number of fused-ring (bicyclic) bond motifs is 1. The molecule has 0 spiro atoms. The number of hydrogen-bond donors (Lipinski definition) is 2. The molecule has 2 unspecified atom stereocenters. The van der Waals surface area contributed by atoms with Crippen molar-refractivity contribution in [2.45, 2.75) is 58.2 Å². The van der Waals surface area contributed by atoms with Crippen molar-refractivity contribution in [3.8, 4) is 16.8 Å². The topological polar surface area (TPSA) is 92.2 Å². The molecule has 8 heteroatoms. The highest BCUT2D eigenvalue weighted by Crippen LogP contribution is 2.47. The SMILES string of the molecule is CC(C)(C)NC(=O)N1CCc2c(-c3cccc(-n4nccn4)c3)ccc(CNC(=O)C3CC3c3ccccc3)c2C1. The number of rotatable bonds is 6. The van der Waals surface area contributed by atoms with Gasteiger partial charge in [0.25, 0.3) is 0 Å². The number of nitrogens with one attached hydrogen (secondary N) is 2. The van der Waals surface area contributed by atoms with E-state index in [0.29, 0.717) is 25.6 Å². The molecule has 0 bridgehead atoms. The predicted octanol–water partition coefficient (Wildman–Crippen LogP) is 5.22. The molecule has 41 heavy (non-hydrogen) atoms. The van der Waals surface area contributed by atoms with Crippen molar-refractivity contribution in [2.75, 3.05) is 6.54 Å². The lowest BCUT2D eigenvalue weighted by molar-refractivity contribution is -0.122. The van der Waals surface area contributed by atoms with Gasteiger partial charge in [0.1, 0.15) is 0 Å². The molecule has 1 aliphatic heterocycles. The molecule has 3 amide bonds. The van der Waals surface area contributed by atoms with Crippen LogP contribution < -0.4 is 10.6 Å². The molecule has 210 valence electrons. The molecule has 2 N–H and O–H groups in total. The van der Waals surface area contributed by atoms with E-state index in [2.05, 4.69) is 57.2 Å². The molecular weight excluding hydrogens is 512 g/mol. The van der Waals surface area contributed by atoms with Gasteiger partial charge in [-0.3, -0.25) is 4.79 Å². The van der Waals surface area contributed by atoms with E-state index in [9.17, 15) is 9.59 Å². The summed E-state index contributed by atoms with van der Waals surface area (Å²) in [5, 5.41) is 14.9. The number of hydrogen-bond acceptors (Lipinski definition) is 4. The molecule has 1 aromatic heterocycles. The zero-order chi connectivity index (χ0) is 28.6.